The second-order valence-corrected chi connectivity index (χ2v) is 8.01. The second-order valence-electron chi connectivity index (χ2n) is 5.78. The SMILES string of the molecule is C=CCOc1ccc(/C=N\NC(=O)C[C@@H]2CCS(=O)(=O)C2)cc1OC. The van der Waals surface area contributed by atoms with Crippen LogP contribution >= 0.6 is 0 Å². The van der Waals surface area contributed by atoms with Gasteiger partial charge in [-0.1, -0.05) is 12.7 Å². The minimum atomic E-state index is -2.97. The molecule has 0 spiro atoms. The van der Waals surface area contributed by atoms with Gasteiger partial charge in [-0.05, 0) is 36.1 Å². The maximum Gasteiger partial charge on any atom is 0.240 e. The third-order valence-electron chi connectivity index (χ3n) is 3.75. The quantitative estimate of drug-likeness (QED) is 0.428. The van der Waals surface area contributed by atoms with Gasteiger partial charge in [-0.3, -0.25) is 4.79 Å². The Kier molecular flexibility index (Phi) is 6.58. The molecule has 0 saturated carbocycles. The number of hydrogen-bond acceptors (Lipinski definition) is 6. The normalized spacial score (nSPS) is 18.8. The molecule has 1 aliphatic rings. The summed E-state index contributed by atoms with van der Waals surface area (Å²) in [6, 6.07) is 5.26. The fourth-order valence-electron chi connectivity index (χ4n) is 2.55. The van der Waals surface area contributed by atoms with E-state index in [4.69, 9.17) is 9.47 Å². The lowest BCUT2D eigenvalue weighted by molar-refractivity contribution is -0.121. The van der Waals surface area contributed by atoms with E-state index in [2.05, 4.69) is 17.1 Å². The van der Waals surface area contributed by atoms with Gasteiger partial charge in [0.1, 0.15) is 6.61 Å². The molecule has 1 aromatic rings. The Hall–Kier alpha value is -2.35. The van der Waals surface area contributed by atoms with Crippen molar-refractivity contribution in [2.75, 3.05) is 25.2 Å². The summed E-state index contributed by atoms with van der Waals surface area (Å²) in [7, 11) is -1.44. The Bertz CT molecular complexity index is 758. The molecule has 25 heavy (non-hydrogen) atoms. The molecule has 0 aliphatic carbocycles. The zero-order valence-corrected chi connectivity index (χ0v) is 14.9. The van der Waals surface area contributed by atoms with Gasteiger partial charge in [0.2, 0.25) is 5.91 Å². The van der Waals surface area contributed by atoms with E-state index in [9.17, 15) is 13.2 Å². The largest absolute Gasteiger partial charge is 0.493 e. The summed E-state index contributed by atoms with van der Waals surface area (Å²) in [5.74, 6) is 0.957. The molecule has 1 aliphatic heterocycles. The van der Waals surface area contributed by atoms with Gasteiger partial charge in [-0.25, -0.2) is 13.8 Å². The monoisotopic (exact) mass is 366 g/mol. The molecule has 1 aromatic carbocycles. The molecular formula is C17H22N2O5S. The molecule has 1 atom stereocenters. The Morgan fingerprint density at radius 3 is 2.88 bits per heavy atom. The van der Waals surface area contributed by atoms with Crippen molar-refractivity contribution in [1.29, 1.82) is 0 Å². The Morgan fingerprint density at radius 2 is 2.24 bits per heavy atom. The minimum Gasteiger partial charge on any atom is -0.493 e. The first-order valence-corrected chi connectivity index (χ1v) is 9.69. The van der Waals surface area contributed by atoms with E-state index >= 15 is 0 Å². The number of hydrogen-bond donors (Lipinski definition) is 1. The maximum atomic E-state index is 11.8. The van der Waals surface area contributed by atoms with E-state index in [1.807, 2.05) is 0 Å². The molecule has 1 fully saturated rings. The van der Waals surface area contributed by atoms with Crippen molar-refractivity contribution in [3.63, 3.8) is 0 Å². The van der Waals surface area contributed by atoms with E-state index in [-0.39, 0.29) is 29.8 Å². The third-order valence-corrected chi connectivity index (χ3v) is 5.59. The number of nitrogens with one attached hydrogen (secondary N) is 1. The van der Waals surface area contributed by atoms with Crippen molar-refractivity contribution in [2.45, 2.75) is 12.8 Å². The van der Waals surface area contributed by atoms with E-state index < -0.39 is 9.84 Å². The summed E-state index contributed by atoms with van der Waals surface area (Å²) >= 11 is 0. The van der Waals surface area contributed by atoms with Crippen LogP contribution < -0.4 is 14.9 Å². The first-order valence-electron chi connectivity index (χ1n) is 7.87. The highest BCUT2D eigenvalue weighted by Gasteiger charge is 2.29. The fraction of sp³-hybridized carbons (Fsp3) is 0.412. The lowest BCUT2D eigenvalue weighted by Crippen LogP contribution is -2.21. The molecule has 1 N–H and O–H groups in total. The van der Waals surface area contributed by atoms with Crippen LogP contribution in [0.2, 0.25) is 0 Å². The Labute approximate surface area is 147 Å². The van der Waals surface area contributed by atoms with E-state index in [0.29, 0.717) is 24.5 Å². The summed E-state index contributed by atoms with van der Waals surface area (Å²) < 4.78 is 33.5. The maximum absolute atomic E-state index is 11.8. The van der Waals surface area contributed by atoms with Gasteiger partial charge in [0.25, 0.3) is 0 Å². The first-order chi connectivity index (χ1) is 11.9. The number of nitrogens with zero attached hydrogens (tertiary/aromatic N) is 1. The van der Waals surface area contributed by atoms with Gasteiger partial charge >= 0.3 is 0 Å². The van der Waals surface area contributed by atoms with Crippen molar-refractivity contribution in [2.24, 2.45) is 11.0 Å². The van der Waals surface area contributed by atoms with Gasteiger partial charge in [0.15, 0.2) is 21.3 Å². The molecule has 7 nitrogen and oxygen atoms in total. The number of carbonyl (C=O) groups is 1. The van der Waals surface area contributed by atoms with Gasteiger partial charge in [-0.2, -0.15) is 5.10 Å². The molecular weight excluding hydrogens is 344 g/mol. The molecule has 8 heteroatoms. The van der Waals surface area contributed by atoms with Crippen LogP contribution in [0.5, 0.6) is 11.5 Å². The standard InChI is InChI=1S/C17H22N2O5S/c1-3-7-24-15-5-4-13(9-16(15)23-2)11-18-19-17(20)10-14-6-8-25(21,22)12-14/h3-5,9,11,14H,1,6-8,10,12H2,2H3,(H,19,20)/b18-11-/t14-/m0/s1. The number of ether oxygens (including phenoxy) is 2. The molecule has 0 bridgehead atoms. The summed E-state index contributed by atoms with van der Waals surface area (Å²) in [5, 5.41) is 3.90. The van der Waals surface area contributed by atoms with Crippen LogP contribution in [0.1, 0.15) is 18.4 Å². The van der Waals surface area contributed by atoms with Crippen molar-refractivity contribution in [1.82, 2.24) is 5.43 Å². The molecule has 0 aromatic heterocycles. The molecule has 0 unspecified atom stereocenters. The topological polar surface area (TPSA) is 94.1 Å². The third kappa shape index (κ3) is 5.90. The average molecular weight is 366 g/mol. The van der Waals surface area contributed by atoms with Crippen molar-refractivity contribution in [3.05, 3.63) is 36.4 Å². The van der Waals surface area contributed by atoms with Gasteiger partial charge in [0.05, 0.1) is 24.8 Å². The van der Waals surface area contributed by atoms with E-state index in [0.717, 1.165) is 5.56 Å². The zero-order valence-electron chi connectivity index (χ0n) is 14.1. The average Bonchev–Trinajstić information content (AvgIpc) is 2.91. The predicted octanol–water partition coefficient (Wildman–Crippen LogP) is 1.53. The molecule has 2 rings (SSSR count). The van der Waals surface area contributed by atoms with Crippen LogP contribution in [0, 0.1) is 5.92 Å². The summed E-state index contributed by atoms with van der Waals surface area (Å²) in [6.45, 7) is 3.96. The van der Waals surface area contributed by atoms with Crippen LogP contribution in [0.25, 0.3) is 0 Å². The van der Waals surface area contributed by atoms with Crippen molar-refractivity contribution in [3.8, 4) is 11.5 Å². The smallest absolute Gasteiger partial charge is 0.240 e. The van der Waals surface area contributed by atoms with Crippen LogP contribution in [0.4, 0.5) is 0 Å². The molecule has 1 saturated heterocycles. The van der Waals surface area contributed by atoms with E-state index in [1.165, 1.54) is 13.3 Å². The summed E-state index contributed by atoms with van der Waals surface area (Å²) in [5.41, 5.74) is 3.15. The number of carbonyl (C=O) groups excluding carboxylic acids is 1. The van der Waals surface area contributed by atoms with Gasteiger partial charge < -0.3 is 9.47 Å². The number of hydrazone groups is 1. The Morgan fingerprint density at radius 1 is 1.44 bits per heavy atom. The number of rotatable bonds is 8. The van der Waals surface area contributed by atoms with Crippen molar-refractivity contribution < 1.29 is 22.7 Å². The second kappa shape index (κ2) is 8.66. The number of amides is 1. The highest BCUT2D eigenvalue weighted by Crippen LogP contribution is 2.27. The fourth-order valence-corrected chi connectivity index (χ4v) is 4.41. The molecule has 136 valence electrons. The number of methoxy groups -OCH3 is 1. The molecule has 1 heterocycles. The van der Waals surface area contributed by atoms with Crippen LogP contribution in [-0.4, -0.2) is 45.8 Å². The zero-order chi connectivity index (χ0) is 18.3. The molecule has 1 amide bonds. The highest BCUT2D eigenvalue weighted by molar-refractivity contribution is 7.91. The lowest BCUT2D eigenvalue weighted by Gasteiger charge is -2.09. The minimum absolute atomic E-state index is 0.0769. The number of benzene rings is 1. The Balaban J connectivity index is 1.88. The summed E-state index contributed by atoms with van der Waals surface area (Å²) in [4.78, 5) is 11.8. The predicted molar refractivity (Wildman–Crippen MR) is 95.8 cm³/mol. The van der Waals surface area contributed by atoms with Crippen molar-refractivity contribution >= 4 is 22.0 Å². The summed E-state index contributed by atoms with van der Waals surface area (Å²) in [6.07, 6.45) is 3.82. The van der Waals surface area contributed by atoms with Gasteiger partial charge in [-0.15, -0.1) is 0 Å². The molecule has 0 radical (unpaired) electrons. The highest BCUT2D eigenvalue weighted by atomic mass is 32.2. The van der Waals surface area contributed by atoms with Crippen LogP contribution in [0.3, 0.4) is 0 Å². The number of sulfone groups is 1. The first kappa shape index (κ1) is 19.0. The van der Waals surface area contributed by atoms with Gasteiger partial charge in [0, 0.05) is 6.42 Å². The van der Waals surface area contributed by atoms with E-state index in [1.54, 1.807) is 24.3 Å². The van der Waals surface area contributed by atoms with Crippen LogP contribution in [0.15, 0.2) is 36.0 Å². The lowest BCUT2D eigenvalue weighted by atomic mass is 10.1. The van der Waals surface area contributed by atoms with Crippen LogP contribution in [-0.2, 0) is 14.6 Å².